The summed E-state index contributed by atoms with van der Waals surface area (Å²) in [6.45, 7) is 5.97. The summed E-state index contributed by atoms with van der Waals surface area (Å²) >= 11 is 0. The molecule has 0 radical (unpaired) electrons. The lowest BCUT2D eigenvalue weighted by molar-refractivity contribution is -0.127. The zero-order valence-corrected chi connectivity index (χ0v) is 21.6. The Bertz CT molecular complexity index is 1510. The number of likely N-dealkylation sites (tertiary alicyclic amines) is 1. The maximum absolute atomic E-state index is 15.3. The van der Waals surface area contributed by atoms with E-state index in [1.807, 2.05) is 4.57 Å². The van der Waals surface area contributed by atoms with Crippen LogP contribution in [0.25, 0.3) is 11.0 Å². The lowest BCUT2D eigenvalue weighted by Gasteiger charge is -2.22. The highest BCUT2D eigenvalue weighted by Crippen LogP contribution is 2.38. The molecule has 2 fully saturated rings. The maximum Gasteiger partial charge on any atom is 0.255 e. The molecule has 11 heteroatoms. The number of hydrogen-bond acceptors (Lipinski definition) is 6. The second-order valence-corrected chi connectivity index (χ2v) is 9.69. The number of nitrogens with two attached hydrogens (primary N) is 1. The number of halogens is 1. The summed E-state index contributed by atoms with van der Waals surface area (Å²) in [6.07, 6.45) is 5.53. The average molecular weight is 520 g/mol. The van der Waals surface area contributed by atoms with Gasteiger partial charge in [-0.2, -0.15) is 5.10 Å². The zero-order valence-electron chi connectivity index (χ0n) is 21.6. The van der Waals surface area contributed by atoms with Gasteiger partial charge in [0.2, 0.25) is 5.91 Å². The van der Waals surface area contributed by atoms with E-state index in [-0.39, 0.29) is 35.1 Å². The molecule has 2 atom stereocenters. The Morgan fingerprint density at radius 3 is 2.74 bits per heavy atom. The number of imidazole rings is 1. The van der Waals surface area contributed by atoms with Gasteiger partial charge in [0.05, 0.1) is 30.5 Å². The number of nitrogens with one attached hydrogen (secondary N) is 1. The van der Waals surface area contributed by atoms with Crippen LogP contribution >= 0.6 is 0 Å². The van der Waals surface area contributed by atoms with E-state index in [9.17, 15) is 9.59 Å². The lowest BCUT2D eigenvalue weighted by Crippen LogP contribution is -2.37. The summed E-state index contributed by atoms with van der Waals surface area (Å²) in [5.74, 6) is 5.07. The van der Waals surface area contributed by atoms with Crippen molar-refractivity contribution in [2.24, 2.45) is 5.73 Å². The van der Waals surface area contributed by atoms with E-state index < -0.39 is 5.91 Å². The van der Waals surface area contributed by atoms with Crippen LogP contribution in [0.4, 0.5) is 10.2 Å². The van der Waals surface area contributed by atoms with E-state index in [4.69, 9.17) is 10.5 Å². The molecule has 3 heterocycles. The number of benzene rings is 1. The number of carbonyl (C=O) groups excluding carboxylic acids is 2. The van der Waals surface area contributed by atoms with Crippen molar-refractivity contribution in [1.29, 1.82) is 0 Å². The van der Waals surface area contributed by atoms with E-state index in [0.717, 1.165) is 12.8 Å². The Hall–Kier alpha value is -4.17. The van der Waals surface area contributed by atoms with Gasteiger partial charge in [0, 0.05) is 37.9 Å². The highest BCUT2D eigenvalue weighted by atomic mass is 19.1. The Labute approximate surface area is 219 Å². The summed E-state index contributed by atoms with van der Waals surface area (Å²) in [5.41, 5.74) is 7.91. The van der Waals surface area contributed by atoms with Crippen molar-refractivity contribution < 1.29 is 18.7 Å². The number of aromatic nitrogens is 4. The Kier molecular flexibility index (Phi) is 6.67. The van der Waals surface area contributed by atoms with Crippen LogP contribution in [0.3, 0.4) is 0 Å². The van der Waals surface area contributed by atoms with Crippen LogP contribution in [0.5, 0.6) is 0 Å². The van der Waals surface area contributed by atoms with E-state index in [0.29, 0.717) is 53.6 Å². The van der Waals surface area contributed by atoms with Crippen LogP contribution in [-0.4, -0.2) is 69.4 Å². The van der Waals surface area contributed by atoms with Crippen LogP contribution in [0.2, 0.25) is 0 Å². The quantitative estimate of drug-likeness (QED) is 0.366. The minimum absolute atomic E-state index is 0.133. The first-order chi connectivity index (χ1) is 18.3. The van der Waals surface area contributed by atoms with Gasteiger partial charge in [0.1, 0.15) is 16.9 Å². The molecule has 10 nitrogen and oxygen atoms in total. The van der Waals surface area contributed by atoms with Crippen molar-refractivity contribution in [3.05, 3.63) is 53.3 Å². The lowest BCUT2D eigenvalue weighted by atomic mass is 10.1. The molecule has 0 bridgehead atoms. The molecule has 2 amide bonds. The third kappa shape index (κ3) is 4.31. The van der Waals surface area contributed by atoms with Crippen molar-refractivity contribution in [3.63, 3.8) is 0 Å². The van der Waals surface area contributed by atoms with Crippen molar-refractivity contribution in [1.82, 2.24) is 24.2 Å². The average Bonchev–Trinajstić information content (AvgIpc) is 3.34. The van der Waals surface area contributed by atoms with Gasteiger partial charge < -0.3 is 25.3 Å². The number of nitrogens with zero attached hydrogens (tertiary/aromatic N) is 5. The fourth-order valence-electron chi connectivity index (χ4n) is 5.20. The molecular formula is C27H30FN7O3. The molecule has 1 aliphatic heterocycles. The van der Waals surface area contributed by atoms with Crippen molar-refractivity contribution in [2.45, 2.75) is 44.3 Å². The number of carbonyl (C=O) groups is 2. The first-order valence-corrected chi connectivity index (χ1v) is 12.5. The van der Waals surface area contributed by atoms with Gasteiger partial charge in [-0.25, -0.2) is 14.1 Å². The molecule has 1 saturated heterocycles. The van der Waals surface area contributed by atoms with Crippen LogP contribution in [0, 0.1) is 24.6 Å². The molecule has 5 rings (SSSR count). The van der Waals surface area contributed by atoms with Crippen LogP contribution < -0.4 is 11.1 Å². The fraction of sp³-hybridized carbons (Fsp3) is 0.407. The minimum Gasteiger partial charge on any atom is -0.383 e. The first kappa shape index (κ1) is 25.5. The largest absolute Gasteiger partial charge is 0.383 e. The number of rotatable bonds is 7. The Morgan fingerprint density at radius 1 is 1.34 bits per heavy atom. The van der Waals surface area contributed by atoms with Crippen molar-refractivity contribution >= 4 is 28.7 Å². The molecule has 1 aromatic carbocycles. The van der Waals surface area contributed by atoms with Gasteiger partial charge in [0.15, 0.2) is 11.5 Å². The van der Waals surface area contributed by atoms with E-state index in [2.05, 4.69) is 33.8 Å². The Balaban J connectivity index is 1.54. The number of primary amides is 1. The Morgan fingerprint density at radius 2 is 2.11 bits per heavy atom. The molecule has 3 aromatic rings. The first-order valence-electron chi connectivity index (χ1n) is 12.5. The third-order valence-corrected chi connectivity index (χ3v) is 7.25. The van der Waals surface area contributed by atoms with Crippen molar-refractivity contribution in [2.75, 3.05) is 32.6 Å². The molecule has 38 heavy (non-hydrogen) atoms. The van der Waals surface area contributed by atoms with Gasteiger partial charge in [-0.3, -0.25) is 9.59 Å². The molecule has 198 valence electrons. The van der Waals surface area contributed by atoms with Gasteiger partial charge in [0.25, 0.3) is 5.91 Å². The molecule has 2 aromatic heterocycles. The van der Waals surface area contributed by atoms with Crippen LogP contribution in [-0.2, 0) is 9.53 Å². The van der Waals surface area contributed by atoms with E-state index >= 15 is 4.39 Å². The summed E-state index contributed by atoms with van der Waals surface area (Å²) in [4.78, 5) is 31.0. The number of hydrogen-bond donors (Lipinski definition) is 2. The summed E-state index contributed by atoms with van der Waals surface area (Å²) in [5, 5.41) is 7.64. The molecular weight excluding hydrogens is 489 g/mol. The second kappa shape index (κ2) is 9.95. The van der Waals surface area contributed by atoms with Gasteiger partial charge in [-0.05, 0) is 44.2 Å². The SMILES string of the molecule is C=CC(=O)N1C[C@@H](n2nc(C#Cc3cc4ncn(C5CC5)c4c(F)c3C)c(C(N)=O)c2NC)C[C@@H]1COC. The zero-order chi connectivity index (χ0) is 27.1. The molecule has 3 N–H and O–H groups in total. The number of fused-ring (bicyclic) bond motifs is 1. The molecule has 0 unspecified atom stereocenters. The second-order valence-electron chi connectivity index (χ2n) is 9.69. The minimum atomic E-state index is -0.697. The third-order valence-electron chi connectivity index (χ3n) is 7.25. The maximum atomic E-state index is 15.3. The highest BCUT2D eigenvalue weighted by Gasteiger charge is 2.38. The topological polar surface area (TPSA) is 120 Å². The fourth-order valence-corrected chi connectivity index (χ4v) is 5.20. The van der Waals surface area contributed by atoms with Crippen LogP contribution in [0.1, 0.15) is 58.5 Å². The number of amides is 2. The van der Waals surface area contributed by atoms with Crippen molar-refractivity contribution in [3.8, 4) is 11.8 Å². The van der Waals surface area contributed by atoms with Gasteiger partial charge >= 0.3 is 0 Å². The standard InChI is InChI=1S/C27H30FN7O3/c1-5-22(36)33-12-18(11-19(33)13-38-4)35-27(30-3)23(26(29)37)20(32-35)9-6-16-10-21-25(24(28)15(16)2)34(14-31-21)17-7-8-17/h5,10,14,17-19,30H,1,7-8,11-13H2,2-4H3,(H2,29,37)/t18-,19+/m0/s1. The van der Waals surface area contributed by atoms with Crippen LogP contribution in [0.15, 0.2) is 25.0 Å². The molecule has 1 aliphatic carbocycles. The summed E-state index contributed by atoms with van der Waals surface area (Å²) in [7, 11) is 3.24. The molecule has 1 saturated carbocycles. The highest BCUT2D eigenvalue weighted by molar-refractivity contribution is 6.00. The summed E-state index contributed by atoms with van der Waals surface area (Å²) < 4.78 is 24.2. The molecule has 2 aliphatic rings. The number of ether oxygens (including phenoxy) is 1. The smallest absolute Gasteiger partial charge is 0.255 e. The normalized spacial score (nSPS) is 18.9. The predicted molar refractivity (Wildman–Crippen MR) is 140 cm³/mol. The number of methoxy groups -OCH3 is 1. The monoisotopic (exact) mass is 519 g/mol. The predicted octanol–water partition coefficient (Wildman–Crippen LogP) is 2.53. The number of anilines is 1. The molecule has 0 spiro atoms. The summed E-state index contributed by atoms with van der Waals surface area (Å²) in [6, 6.07) is 1.62. The van der Waals surface area contributed by atoms with E-state index in [1.165, 1.54) is 6.08 Å². The van der Waals surface area contributed by atoms with Gasteiger partial charge in [-0.1, -0.05) is 12.5 Å². The van der Waals surface area contributed by atoms with E-state index in [1.54, 1.807) is 43.1 Å². The van der Waals surface area contributed by atoms with Gasteiger partial charge in [-0.15, -0.1) is 0 Å².